The molecule has 4 fully saturated rings. The van der Waals surface area contributed by atoms with Crippen molar-refractivity contribution in [1.82, 2.24) is 4.90 Å². The van der Waals surface area contributed by atoms with Crippen LogP contribution in [0, 0.1) is 17.8 Å². The van der Waals surface area contributed by atoms with Crippen LogP contribution in [-0.2, 0) is 4.79 Å². The van der Waals surface area contributed by atoms with Crippen molar-refractivity contribution < 1.29 is 9.90 Å². The van der Waals surface area contributed by atoms with E-state index in [4.69, 9.17) is 0 Å². The Labute approximate surface area is 115 Å². The molecule has 0 amide bonds. The van der Waals surface area contributed by atoms with E-state index in [1.165, 1.54) is 0 Å². The summed E-state index contributed by atoms with van der Waals surface area (Å²) in [6.07, 6.45) is 6.89. The van der Waals surface area contributed by atoms with Gasteiger partial charge in [0.15, 0.2) is 0 Å². The fourth-order valence-electron chi connectivity index (χ4n) is 6.15. The number of rotatable bonds is 0. The van der Waals surface area contributed by atoms with Gasteiger partial charge in [0.1, 0.15) is 5.78 Å². The Morgan fingerprint density at radius 3 is 2.95 bits per heavy atom. The van der Waals surface area contributed by atoms with Gasteiger partial charge in [-0.15, -0.1) is 0 Å². The minimum absolute atomic E-state index is 0.116. The molecular weight excluding hydrogens is 238 g/mol. The van der Waals surface area contributed by atoms with Crippen LogP contribution in [0.15, 0.2) is 0 Å². The predicted molar refractivity (Wildman–Crippen MR) is 72.7 cm³/mol. The maximum absolute atomic E-state index is 12.6. The Morgan fingerprint density at radius 2 is 2.11 bits per heavy atom. The van der Waals surface area contributed by atoms with Gasteiger partial charge in [-0.3, -0.25) is 9.69 Å². The molecule has 19 heavy (non-hydrogen) atoms. The average Bonchev–Trinajstić information content (AvgIpc) is 2.35. The van der Waals surface area contributed by atoms with Gasteiger partial charge in [-0.25, -0.2) is 0 Å². The number of Topliss-reactive ketones (excluding diaryl/α,β-unsaturated/α-hetero) is 1. The lowest BCUT2D eigenvalue weighted by atomic mass is 9.46. The molecule has 0 radical (unpaired) electrons. The first-order valence-electron chi connectivity index (χ1n) is 8.08. The summed E-state index contributed by atoms with van der Waals surface area (Å²) in [6.45, 7) is 4.49. The van der Waals surface area contributed by atoms with Gasteiger partial charge in [-0.05, 0) is 63.5 Å². The van der Waals surface area contributed by atoms with E-state index >= 15 is 0 Å². The fraction of sp³-hybridized carbons (Fsp3) is 0.938. The van der Waals surface area contributed by atoms with Crippen molar-refractivity contribution in [3.63, 3.8) is 0 Å². The third-order valence-electron chi connectivity index (χ3n) is 6.66. The molecule has 2 aliphatic carbocycles. The Kier molecular flexibility index (Phi) is 2.48. The lowest BCUT2D eigenvalue weighted by Crippen LogP contribution is -2.79. The summed E-state index contributed by atoms with van der Waals surface area (Å²) in [6, 6.07) is 0. The van der Waals surface area contributed by atoms with Crippen molar-refractivity contribution in [2.75, 3.05) is 13.1 Å². The van der Waals surface area contributed by atoms with E-state index in [9.17, 15) is 9.90 Å². The zero-order valence-electron chi connectivity index (χ0n) is 11.9. The largest absolute Gasteiger partial charge is 0.388 e. The van der Waals surface area contributed by atoms with Gasteiger partial charge in [0.05, 0.1) is 11.1 Å². The van der Waals surface area contributed by atoms with E-state index in [0.717, 1.165) is 51.6 Å². The summed E-state index contributed by atoms with van der Waals surface area (Å²) in [5.41, 5.74) is -0.766. The molecular formula is C16H25NO2. The third kappa shape index (κ3) is 1.33. The molecule has 0 unspecified atom stereocenters. The average molecular weight is 263 g/mol. The fourth-order valence-corrected chi connectivity index (χ4v) is 6.15. The number of aliphatic hydroxyl groups is 1. The van der Waals surface area contributed by atoms with E-state index < -0.39 is 5.60 Å². The van der Waals surface area contributed by atoms with E-state index in [1.807, 2.05) is 0 Å². The SMILES string of the molecule is C[C@H]1C[C@H]2CC(=O)[C@H]3CCCN4CCC[C@@]2(O)[C@]34C1. The first-order chi connectivity index (χ1) is 9.08. The Balaban J connectivity index is 1.89. The lowest BCUT2D eigenvalue weighted by molar-refractivity contribution is -0.249. The molecule has 2 heterocycles. The van der Waals surface area contributed by atoms with Gasteiger partial charge in [0.25, 0.3) is 0 Å². The van der Waals surface area contributed by atoms with E-state index in [-0.39, 0.29) is 17.4 Å². The molecule has 1 spiro atoms. The number of carbonyl (C=O) groups is 1. The molecule has 0 aromatic rings. The van der Waals surface area contributed by atoms with Crippen molar-refractivity contribution >= 4 is 5.78 Å². The highest BCUT2D eigenvalue weighted by atomic mass is 16.3. The normalized spacial score (nSPS) is 53.8. The van der Waals surface area contributed by atoms with Gasteiger partial charge in [-0.2, -0.15) is 0 Å². The topological polar surface area (TPSA) is 40.5 Å². The number of hydrogen-bond donors (Lipinski definition) is 1. The van der Waals surface area contributed by atoms with Gasteiger partial charge in [-0.1, -0.05) is 6.92 Å². The summed E-state index contributed by atoms with van der Waals surface area (Å²) >= 11 is 0. The van der Waals surface area contributed by atoms with Crippen molar-refractivity contribution in [3.8, 4) is 0 Å². The second-order valence-corrected chi connectivity index (χ2v) is 7.55. The van der Waals surface area contributed by atoms with Crippen LogP contribution in [0.4, 0.5) is 0 Å². The number of hydrogen-bond acceptors (Lipinski definition) is 3. The summed E-state index contributed by atoms with van der Waals surface area (Å²) in [7, 11) is 0. The molecule has 2 bridgehead atoms. The van der Waals surface area contributed by atoms with Crippen LogP contribution < -0.4 is 0 Å². The lowest BCUT2D eigenvalue weighted by Gasteiger charge is -2.69. The van der Waals surface area contributed by atoms with Crippen LogP contribution in [0.1, 0.15) is 51.9 Å². The molecule has 4 aliphatic rings. The van der Waals surface area contributed by atoms with Crippen molar-refractivity contribution in [3.05, 3.63) is 0 Å². The first-order valence-corrected chi connectivity index (χ1v) is 8.08. The number of carbonyl (C=O) groups excluding carboxylic acids is 1. The molecule has 2 saturated heterocycles. The third-order valence-corrected chi connectivity index (χ3v) is 6.66. The van der Waals surface area contributed by atoms with Crippen LogP contribution in [0.5, 0.6) is 0 Å². The molecule has 4 rings (SSSR count). The van der Waals surface area contributed by atoms with Crippen LogP contribution in [-0.4, -0.2) is 40.0 Å². The second kappa shape index (κ2) is 3.82. The van der Waals surface area contributed by atoms with Crippen LogP contribution in [0.2, 0.25) is 0 Å². The summed E-state index contributed by atoms with van der Waals surface area (Å²) in [4.78, 5) is 15.1. The number of ketones is 1. The monoisotopic (exact) mass is 263 g/mol. The molecule has 0 aromatic carbocycles. The van der Waals surface area contributed by atoms with E-state index in [1.54, 1.807) is 0 Å². The summed E-state index contributed by atoms with van der Waals surface area (Å²) in [5.74, 6) is 1.44. The predicted octanol–water partition coefficient (Wildman–Crippen LogP) is 1.98. The summed E-state index contributed by atoms with van der Waals surface area (Å²) < 4.78 is 0. The molecule has 106 valence electrons. The number of piperidine rings is 2. The van der Waals surface area contributed by atoms with Crippen molar-refractivity contribution in [1.29, 1.82) is 0 Å². The standard InChI is InChI=1S/C16H25NO2/c1-11-8-12-9-14(18)13-4-2-6-17-7-3-5-16(12,19)15(13,17)10-11/h11-13,19H,2-10H2,1H3/t11-,12-,13+,15-,16-/m0/s1. The molecule has 0 aromatic heterocycles. The zero-order chi connectivity index (χ0) is 13.3. The highest BCUT2D eigenvalue weighted by Crippen LogP contribution is 2.61. The minimum Gasteiger partial charge on any atom is -0.388 e. The highest BCUT2D eigenvalue weighted by molar-refractivity contribution is 5.85. The molecule has 2 saturated carbocycles. The maximum Gasteiger partial charge on any atom is 0.138 e. The summed E-state index contributed by atoms with van der Waals surface area (Å²) in [5, 5.41) is 11.5. The van der Waals surface area contributed by atoms with Crippen LogP contribution >= 0.6 is 0 Å². The highest BCUT2D eigenvalue weighted by Gasteiger charge is 2.69. The smallest absolute Gasteiger partial charge is 0.138 e. The van der Waals surface area contributed by atoms with Crippen LogP contribution in [0.3, 0.4) is 0 Å². The molecule has 1 N–H and O–H groups in total. The van der Waals surface area contributed by atoms with Gasteiger partial charge < -0.3 is 5.11 Å². The van der Waals surface area contributed by atoms with Crippen LogP contribution in [0.25, 0.3) is 0 Å². The molecule has 2 aliphatic heterocycles. The molecule has 3 heteroatoms. The molecule has 5 atom stereocenters. The Hall–Kier alpha value is -0.410. The van der Waals surface area contributed by atoms with E-state index in [0.29, 0.717) is 18.1 Å². The van der Waals surface area contributed by atoms with Gasteiger partial charge >= 0.3 is 0 Å². The number of nitrogens with zero attached hydrogens (tertiary/aromatic N) is 1. The maximum atomic E-state index is 12.6. The minimum atomic E-state index is -0.573. The Bertz CT molecular complexity index is 421. The quantitative estimate of drug-likeness (QED) is 0.726. The zero-order valence-corrected chi connectivity index (χ0v) is 11.9. The second-order valence-electron chi connectivity index (χ2n) is 7.55. The van der Waals surface area contributed by atoms with Gasteiger partial charge in [0, 0.05) is 12.3 Å². The van der Waals surface area contributed by atoms with Gasteiger partial charge in [0.2, 0.25) is 0 Å². The van der Waals surface area contributed by atoms with E-state index in [2.05, 4.69) is 11.8 Å². The van der Waals surface area contributed by atoms with Crippen molar-refractivity contribution in [2.24, 2.45) is 17.8 Å². The Morgan fingerprint density at radius 1 is 1.32 bits per heavy atom. The molecule has 3 nitrogen and oxygen atoms in total. The van der Waals surface area contributed by atoms with Crippen molar-refractivity contribution in [2.45, 2.75) is 63.0 Å². The first kappa shape index (κ1) is 12.3.